The molecule has 1 saturated heterocycles. The van der Waals surface area contributed by atoms with Crippen molar-refractivity contribution < 1.29 is 9.18 Å². The fraction of sp³-hybridized carbons (Fsp3) is 0.533. The predicted octanol–water partition coefficient (Wildman–Crippen LogP) is 3.80. The van der Waals surface area contributed by atoms with Crippen LogP contribution in [0.2, 0.25) is 0 Å². The van der Waals surface area contributed by atoms with Crippen LogP contribution in [0.3, 0.4) is 0 Å². The van der Waals surface area contributed by atoms with Crippen LogP contribution in [0.25, 0.3) is 0 Å². The van der Waals surface area contributed by atoms with Crippen molar-refractivity contribution in [3.8, 4) is 0 Å². The van der Waals surface area contributed by atoms with Gasteiger partial charge in [0.2, 0.25) is 0 Å². The van der Waals surface area contributed by atoms with Crippen LogP contribution in [0.1, 0.15) is 49.4 Å². The van der Waals surface area contributed by atoms with Gasteiger partial charge in [-0.1, -0.05) is 19.4 Å². The van der Waals surface area contributed by atoms with Gasteiger partial charge in [0, 0.05) is 18.2 Å². The van der Waals surface area contributed by atoms with E-state index in [9.17, 15) is 9.18 Å². The average molecular weight is 249 g/mol. The molecule has 0 spiro atoms. The molecule has 0 bridgehead atoms. The smallest absolute Gasteiger partial charge is 0.152 e. The molecule has 2 nitrogen and oxygen atoms in total. The molecule has 0 aliphatic carbocycles. The number of hydrogen-bond donors (Lipinski definition) is 0. The third kappa shape index (κ3) is 2.55. The van der Waals surface area contributed by atoms with Crippen molar-refractivity contribution in [1.82, 2.24) is 0 Å². The van der Waals surface area contributed by atoms with Crippen molar-refractivity contribution in [2.45, 2.75) is 45.1 Å². The Morgan fingerprint density at radius 3 is 3.00 bits per heavy atom. The first-order valence-electron chi connectivity index (χ1n) is 6.78. The highest BCUT2D eigenvalue weighted by molar-refractivity contribution is 5.85. The van der Waals surface area contributed by atoms with Crippen LogP contribution >= 0.6 is 0 Å². The third-order valence-corrected chi connectivity index (χ3v) is 3.68. The summed E-state index contributed by atoms with van der Waals surface area (Å²) in [7, 11) is 0. The van der Waals surface area contributed by atoms with E-state index in [1.807, 2.05) is 0 Å². The van der Waals surface area contributed by atoms with Crippen LogP contribution < -0.4 is 4.90 Å². The normalized spacial score (nSPS) is 19.9. The molecule has 18 heavy (non-hydrogen) atoms. The Labute approximate surface area is 108 Å². The molecule has 0 amide bonds. The zero-order chi connectivity index (χ0) is 13.0. The van der Waals surface area contributed by atoms with Crippen molar-refractivity contribution >= 4 is 12.0 Å². The zero-order valence-corrected chi connectivity index (χ0v) is 10.9. The quantitative estimate of drug-likeness (QED) is 0.756. The maximum Gasteiger partial charge on any atom is 0.152 e. The van der Waals surface area contributed by atoms with E-state index in [1.165, 1.54) is 12.5 Å². The number of nitrogens with zero attached hydrogens (tertiary/aromatic N) is 1. The maximum absolute atomic E-state index is 14.0. The Bertz CT molecular complexity index is 417. The topological polar surface area (TPSA) is 20.3 Å². The summed E-state index contributed by atoms with van der Waals surface area (Å²) >= 11 is 0. The van der Waals surface area contributed by atoms with Crippen LogP contribution in [-0.4, -0.2) is 18.9 Å². The second kappa shape index (κ2) is 5.98. The Hall–Kier alpha value is -1.38. The van der Waals surface area contributed by atoms with Gasteiger partial charge in [0.25, 0.3) is 0 Å². The second-order valence-corrected chi connectivity index (χ2v) is 4.93. The van der Waals surface area contributed by atoms with Gasteiger partial charge in [-0.05, 0) is 37.8 Å². The molecular weight excluding hydrogens is 229 g/mol. The second-order valence-electron chi connectivity index (χ2n) is 4.93. The van der Waals surface area contributed by atoms with Gasteiger partial charge >= 0.3 is 0 Å². The van der Waals surface area contributed by atoms with Crippen LogP contribution in [0.5, 0.6) is 0 Å². The molecule has 1 aliphatic heterocycles. The molecule has 1 fully saturated rings. The summed E-state index contributed by atoms with van der Waals surface area (Å²) in [4.78, 5) is 13.2. The Kier molecular flexibility index (Phi) is 4.34. The lowest BCUT2D eigenvalue weighted by atomic mass is 9.96. The Morgan fingerprint density at radius 1 is 1.44 bits per heavy atom. The highest BCUT2D eigenvalue weighted by atomic mass is 19.1. The largest absolute Gasteiger partial charge is 0.366 e. The van der Waals surface area contributed by atoms with Gasteiger partial charge < -0.3 is 4.90 Å². The molecule has 0 radical (unpaired) electrons. The summed E-state index contributed by atoms with van der Waals surface area (Å²) in [5.74, 6) is -0.275. The monoisotopic (exact) mass is 249 g/mol. The van der Waals surface area contributed by atoms with Gasteiger partial charge in [0.1, 0.15) is 5.82 Å². The van der Waals surface area contributed by atoms with Crippen LogP contribution in [-0.2, 0) is 0 Å². The Balaban J connectivity index is 2.35. The highest BCUT2D eigenvalue weighted by Gasteiger charge is 2.25. The van der Waals surface area contributed by atoms with E-state index in [4.69, 9.17) is 0 Å². The van der Waals surface area contributed by atoms with Gasteiger partial charge in [-0.15, -0.1) is 0 Å². The van der Waals surface area contributed by atoms with Crippen LogP contribution in [0.15, 0.2) is 18.2 Å². The average Bonchev–Trinajstić information content (AvgIpc) is 2.40. The minimum absolute atomic E-state index is 0.275. The lowest BCUT2D eigenvalue weighted by Gasteiger charge is -2.38. The first-order valence-corrected chi connectivity index (χ1v) is 6.78. The molecule has 98 valence electrons. The molecule has 1 aromatic rings. The minimum atomic E-state index is -0.275. The van der Waals surface area contributed by atoms with E-state index in [2.05, 4.69) is 11.8 Å². The summed E-state index contributed by atoms with van der Waals surface area (Å²) in [6, 6.07) is 5.11. The molecule has 1 unspecified atom stereocenters. The van der Waals surface area contributed by atoms with E-state index in [0.29, 0.717) is 17.3 Å². The minimum Gasteiger partial charge on any atom is -0.366 e. The molecule has 1 heterocycles. The fourth-order valence-electron chi connectivity index (χ4n) is 2.86. The van der Waals surface area contributed by atoms with Crippen molar-refractivity contribution in [2.24, 2.45) is 0 Å². The molecule has 1 aliphatic rings. The van der Waals surface area contributed by atoms with Crippen molar-refractivity contribution in [2.75, 3.05) is 11.4 Å². The first kappa shape index (κ1) is 13.1. The SMILES string of the molecule is CCCC1CCCCN1c1c(F)cccc1C=O. The highest BCUT2D eigenvalue weighted by Crippen LogP contribution is 2.31. The number of anilines is 1. The number of rotatable bonds is 4. The van der Waals surface area contributed by atoms with Crippen molar-refractivity contribution in [3.63, 3.8) is 0 Å². The van der Waals surface area contributed by atoms with Crippen molar-refractivity contribution in [3.05, 3.63) is 29.6 Å². The van der Waals surface area contributed by atoms with Gasteiger partial charge in [0.15, 0.2) is 6.29 Å². The number of carbonyl (C=O) groups is 1. The number of halogens is 1. The first-order chi connectivity index (χ1) is 8.77. The maximum atomic E-state index is 14.0. The molecule has 1 atom stereocenters. The summed E-state index contributed by atoms with van der Waals surface area (Å²) in [5, 5.41) is 0. The van der Waals surface area contributed by atoms with E-state index >= 15 is 0 Å². The van der Waals surface area contributed by atoms with E-state index in [0.717, 1.165) is 38.5 Å². The van der Waals surface area contributed by atoms with Crippen molar-refractivity contribution in [1.29, 1.82) is 0 Å². The molecule has 0 saturated carbocycles. The summed E-state index contributed by atoms with van der Waals surface area (Å²) < 4.78 is 14.0. The molecule has 2 rings (SSSR count). The number of para-hydroxylation sites is 1. The number of piperidine rings is 1. The van der Waals surface area contributed by atoms with Gasteiger partial charge in [-0.25, -0.2) is 4.39 Å². The predicted molar refractivity (Wildman–Crippen MR) is 71.7 cm³/mol. The molecule has 1 aromatic carbocycles. The Morgan fingerprint density at radius 2 is 2.28 bits per heavy atom. The van der Waals surface area contributed by atoms with Gasteiger partial charge in [-0.2, -0.15) is 0 Å². The fourth-order valence-corrected chi connectivity index (χ4v) is 2.86. The summed E-state index contributed by atoms with van der Waals surface area (Å²) in [6.07, 6.45) is 6.29. The number of benzene rings is 1. The number of aldehydes is 1. The van der Waals surface area contributed by atoms with Gasteiger partial charge in [-0.3, -0.25) is 4.79 Å². The lowest BCUT2D eigenvalue weighted by molar-refractivity contribution is 0.112. The molecule has 0 N–H and O–H groups in total. The summed E-state index contributed by atoms with van der Waals surface area (Å²) in [6.45, 7) is 3.00. The number of carbonyl (C=O) groups excluding carboxylic acids is 1. The standard InChI is InChI=1S/C15H20FNO/c1-2-6-13-8-3-4-10-17(13)15-12(11-18)7-5-9-14(15)16/h5,7,9,11,13H,2-4,6,8,10H2,1H3. The van der Waals surface area contributed by atoms with E-state index in [1.54, 1.807) is 12.1 Å². The van der Waals surface area contributed by atoms with Gasteiger partial charge in [0.05, 0.1) is 5.69 Å². The van der Waals surface area contributed by atoms with E-state index < -0.39 is 0 Å². The third-order valence-electron chi connectivity index (χ3n) is 3.68. The molecule has 0 aromatic heterocycles. The zero-order valence-electron chi connectivity index (χ0n) is 10.9. The van der Waals surface area contributed by atoms with Crippen LogP contribution in [0.4, 0.5) is 10.1 Å². The molecule has 3 heteroatoms. The molecular formula is C15H20FNO. The lowest BCUT2D eigenvalue weighted by Crippen LogP contribution is -2.40. The number of hydrogen-bond acceptors (Lipinski definition) is 2. The summed E-state index contributed by atoms with van der Waals surface area (Å²) in [5.41, 5.74) is 0.976. The van der Waals surface area contributed by atoms with E-state index in [-0.39, 0.29) is 5.82 Å². The van der Waals surface area contributed by atoms with Crippen LogP contribution in [0, 0.1) is 5.82 Å².